The van der Waals surface area contributed by atoms with Gasteiger partial charge in [0.05, 0.1) is 4.90 Å². The molecule has 2 aromatic carbocycles. The van der Waals surface area contributed by atoms with Crippen molar-refractivity contribution in [3.8, 4) is 0 Å². The van der Waals surface area contributed by atoms with E-state index in [1.54, 1.807) is 12.1 Å². The average Bonchev–Trinajstić information content (AvgIpc) is 2.67. The normalized spacial score (nSPS) is 11.9. The lowest BCUT2D eigenvalue weighted by Gasteiger charge is -2.30. The minimum absolute atomic E-state index is 0.114. The molecule has 0 aliphatic carbocycles. The van der Waals surface area contributed by atoms with Crippen LogP contribution in [0.2, 0.25) is 0 Å². The maximum absolute atomic E-state index is 12.6. The van der Waals surface area contributed by atoms with E-state index in [1.165, 1.54) is 24.3 Å². The molecule has 0 spiro atoms. The van der Waals surface area contributed by atoms with E-state index >= 15 is 0 Å². The number of nitrogens with zero attached hydrogens (tertiary/aromatic N) is 1. The number of anilines is 1. The van der Waals surface area contributed by atoms with Gasteiger partial charge < -0.3 is 5.32 Å². The van der Waals surface area contributed by atoms with Crippen molar-refractivity contribution in [2.75, 3.05) is 17.8 Å². The number of sulfonamides is 1. The molecule has 0 radical (unpaired) electrons. The fourth-order valence-electron chi connectivity index (χ4n) is 3.32. The highest BCUT2D eigenvalue weighted by Gasteiger charge is 2.16. The van der Waals surface area contributed by atoms with Gasteiger partial charge in [0.25, 0.3) is 15.9 Å². The quantitative estimate of drug-likeness (QED) is 0.630. The summed E-state index contributed by atoms with van der Waals surface area (Å²) < 4.78 is 27.9. The van der Waals surface area contributed by atoms with Crippen LogP contribution in [0.25, 0.3) is 0 Å². The van der Waals surface area contributed by atoms with Crippen molar-refractivity contribution in [1.29, 1.82) is 0 Å². The minimum atomic E-state index is -3.72. The first-order valence-electron chi connectivity index (χ1n) is 10.3. The van der Waals surface area contributed by atoms with Gasteiger partial charge in [-0.05, 0) is 89.1 Å². The van der Waals surface area contributed by atoms with Gasteiger partial charge in [0.15, 0.2) is 0 Å². The zero-order valence-electron chi connectivity index (χ0n) is 18.7. The summed E-state index contributed by atoms with van der Waals surface area (Å²) in [5, 5.41) is 2.90. The van der Waals surface area contributed by atoms with Crippen LogP contribution in [0.15, 0.2) is 47.4 Å². The molecule has 0 heterocycles. The van der Waals surface area contributed by atoms with Gasteiger partial charge >= 0.3 is 0 Å². The van der Waals surface area contributed by atoms with E-state index in [4.69, 9.17) is 0 Å². The summed E-state index contributed by atoms with van der Waals surface area (Å²) in [6.07, 6.45) is 0. The molecule has 1 amide bonds. The van der Waals surface area contributed by atoms with E-state index in [-0.39, 0.29) is 10.8 Å². The second kappa shape index (κ2) is 10.1. The third-order valence-electron chi connectivity index (χ3n) is 5.17. The van der Waals surface area contributed by atoms with Gasteiger partial charge in [0.2, 0.25) is 0 Å². The molecule has 164 valence electrons. The van der Waals surface area contributed by atoms with Crippen molar-refractivity contribution in [1.82, 2.24) is 10.2 Å². The van der Waals surface area contributed by atoms with Crippen LogP contribution in [-0.2, 0) is 10.0 Å². The van der Waals surface area contributed by atoms with Crippen molar-refractivity contribution >= 4 is 21.6 Å². The molecule has 0 bridgehead atoms. The second-order valence-electron chi connectivity index (χ2n) is 8.11. The number of carbonyl (C=O) groups is 1. The largest absolute Gasteiger partial charge is 0.351 e. The van der Waals surface area contributed by atoms with Crippen LogP contribution in [0.5, 0.6) is 0 Å². The Morgan fingerprint density at radius 2 is 1.53 bits per heavy atom. The summed E-state index contributed by atoms with van der Waals surface area (Å²) in [4.78, 5) is 14.8. The fraction of sp³-hybridized carbons (Fsp3) is 0.435. The third kappa shape index (κ3) is 6.31. The number of benzene rings is 2. The maximum atomic E-state index is 12.6. The summed E-state index contributed by atoms with van der Waals surface area (Å²) >= 11 is 0. The molecule has 6 nitrogen and oxygen atoms in total. The van der Waals surface area contributed by atoms with Crippen molar-refractivity contribution < 1.29 is 13.2 Å². The molecule has 0 fully saturated rings. The first-order chi connectivity index (χ1) is 14.0. The minimum Gasteiger partial charge on any atom is -0.351 e. The van der Waals surface area contributed by atoms with E-state index in [9.17, 15) is 13.2 Å². The predicted octanol–water partition coefficient (Wildman–Crippen LogP) is 3.95. The molecule has 0 aromatic heterocycles. The van der Waals surface area contributed by atoms with Crippen LogP contribution in [-0.4, -0.2) is 44.4 Å². The number of aryl methyl sites for hydroxylation is 2. The zero-order valence-corrected chi connectivity index (χ0v) is 19.5. The van der Waals surface area contributed by atoms with Crippen LogP contribution < -0.4 is 10.0 Å². The van der Waals surface area contributed by atoms with Crippen molar-refractivity contribution in [3.05, 3.63) is 59.2 Å². The highest BCUT2D eigenvalue weighted by atomic mass is 32.2. The number of hydrogen-bond donors (Lipinski definition) is 2. The van der Waals surface area contributed by atoms with Crippen LogP contribution in [0, 0.1) is 13.8 Å². The summed E-state index contributed by atoms with van der Waals surface area (Å²) in [5.74, 6) is -0.214. The van der Waals surface area contributed by atoms with E-state index in [2.05, 4.69) is 42.6 Å². The molecule has 7 heteroatoms. The zero-order chi connectivity index (χ0) is 22.5. The van der Waals surface area contributed by atoms with Crippen LogP contribution in [0.3, 0.4) is 0 Å². The van der Waals surface area contributed by atoms with Gasteiger partial charge in [-0.1, -0.05) is 6.07 Å². The lowest BCUT2D eigenvalue weighted by molar-refractivity contribution is 0.0939. The van der Waals surface area contributed by atoms with Gasteiger partial charge in [-0.25, -0.2) is 8.42 Å². The molecule has 0 unspecified atom stereocenters. The van der Waals surface area contributed by atoms with Crippen LogP contribution >= 0.6 is 0 Å². The molecule has 0 aliphatic heterocycles. The Morgan fingerprint density at radius 1 is 0.933 bits per heavy atom. The van der Waals surface area contributed by atoms with Gasteiger partial charge in [-0.15, -0.1) is 0 Å². The predicted molar refractivity (Wildman–Crippen MR) is 122 cm³/mol. The number of rotatable bonds is 9. The first-order valence-corrected chi connectivity index (χ1v) is 11.7. The Balaban J connectivity index is 2.00. The van der Waals surface area contributed by atoms with Crippen molar-refractivity contribution in [3.63, 3.8) is 0 Å². The molecule has 0 atom stereocenters. The Hall–Kier alpha value is -2.38. The van der Waals surface area contributed by atoms with Gasteiger partial charge in [-0.3, -0.25) is 14.4 Å². The van der Waals surface area contributed by atoms with Gasteiger partial charge in [-0.2, -0.15) is 0 Å². The highest BCUT2D eigenvalue weighted by Crippen LogP contribution is 2.19. The molecular weight excluding hydrogens is 398 g/mol. The summed E-state index contributed by atoms with van der Waals surface area (Å²) in [6, 6.07) is 12.2. The Kier molecular flexibility index (Phi) is 8.03. The number of hydrogen-bond acceptors (Lipinski definition) is 4. The summed E-state index contributed by atoms with van der Waals surface area (Å²) in [6.45, 7) is 13.7. The Bertz CT molecular complexity index is 960. The first kappa shape index (κ1) is 23.9. The van der Waals surface area contributed by atoms with Gasteiger partial charge in [0.1, 0.15) is 0 Å². The summed E-state index contributed by atoms with van der Waals surface area (Å²) in [5.41, 5.74) is 3.05. The molecule has 0 saturated carbocycles. The molecule has 30 heavy (non-hydrogen) atoms. The molecule has 2 rings (SSSR count). The molecule has 2 N–H and O–H groups in total. The monoisotopic (exact) mass is 431 g/mol. The number of amides is 1. The van der Waals surface area contributed by atoms with Crippen molar-refractivity contribution in [2.24, 2.45) is 0 Å². The van der Waals surface area contributed by atoms with E-state index in [0.717, 1.165) is 17.7 Å². The Labute approximate surface area is 180 Å². The standard InChI is InChI=1S/C23H33N3O3S/c1-16(2)26(17(3)4)14-13-24-23(27)20-8-11-22(12-9-20)30(28,29)25-21-10-7-18(5)19(6)15-21/h7-12,15-17,25H,13-14H2,1-6H3,(H,24,27). The molecule has 0 saturated heterocycles. The lowest BCUT2D eigenvalue weighted by atomic mass is 10.1. The SMILES string of the molecule is Cc1ccc(NS(=O)(=O)c2ccc(C(=O)NCCN(C(C)C)C(C)C)cc2)cc1C. The fourth-order valence-corrected chi connectivity index (χ4v) is 4.37. The topological polar surface area (TPSA) is 78.5 Å². The molecule has 2 aromatic rings. The molecular formula is C23H33N3O3S. The number of carbonyl (C=O) groups excluding carboxylic acids is 1. The van der Waals surface area contributed by atoms with Gasteiger partial charge in [0, 0.05) is 36.4 Å². The number of nitrogens with one attached hydrogen (secondary N) is 2. The van der Waals surface area contributed by atoms with E-state index < -0.39 is 10.0 Å². The van der Waals surface area contributed by atoms with Crippen molar-refractivity contribution in [2.45, 2.75) is 58.5 Å². The third-order valence-corrected chi connectivity index (χ3v) is 6.57. The molecule has 0 aliphatic rings. The second-order valence-corrected chi connectivity index (χ2v) is 9.79. The van der Waals surface area contributed by atoms with E-state index in [0.29, 0.717) is 29.9 Å². The maximum Gasteiger partial charge on any atom is 0.261 e. The highest BCUT2D eigenvalue weighted by molar-refractivity contribution is 7.92. The van der Waals surface area contributed by atoms with E-state index in [1.807, 2.05) is 19.9 Å². The Morgan fingerprint density at radius 3 is 2.07 bits per heavy atom. The van der Waals surface area contributed by atoms with Crippen LogP contribution in [0.1, 0.15) is 49.2 Å². The lowest BCUT2D eigenvalue weighted by Crippen LogP contribution is -2.42. The van der Waals surface area contributed by atoms with Crippen LogP contribution in [0.4, 0.5) is 5.69 Å². The summed E-state index contributed by atoms with van der Waals surface area (Å²) in [7, 11) is -3.72. The smallest absolute Gasteiger partial charge is 0.261 e. The average molecular weight is 432 g/mol.